The van der Waals surface area contributed by atoms with Crippen molar-refractivity contribution >= 4 is 63.7 Å². The minimum Gasteiger partial charge on any atom is -0.369 e. The highest BCUT2D eigenvalue weighted by Crippen LogP contribution is 2.28. The molecule has 2 aliphatic rings. The van der Waals surface area contributed by atoms with Crippen LogP contribution >= 0.6 is 35.2 Å². The van der Waals surface area contributed by atoms with Crippen molar-refractivity contribution in [1.29, 1.82) is 0 Å². The number of rotatable bonds is 5. The van der Waals surface area contributed by atoms with E-state index < -0.39 is 17.9 Å². The lowest BCUT2D eigenvalue weighted by molar-refractivity contribution is -0.137. The molecule has 1 aliphatic carbocycles. The lowest BCUT2D eigenvalue weighted by Crippen LogP contribution is -2.57. The summed E-state index contributed by atoms with van der Waals surface area (Å²) in [7, 11) is 5.54. The number of carbonyl (C=O) groups excluding carboxylic acids is 3. The molecule has 10 nitrogen and oxygen atoms in total. The molecular formula is C24H30ClN7O3S2. The Hall–Kier alpha value is -2.67. The van der Waals surface area contributed by atoms with Gasteiger partial charge in [0.05, 0.1) is 10.7 Å². The quantitative estimate of drug-likeness (QED) is 0.372. The minimum atomic E-state index is -0.834. The number of aromatic nitrogens is 2. The normalized spacial score (nSPS) is 21.5. The third-order valence-electron chi connectivity index (χ3n) is 6.56. The number of amides is 3. The lowest BCUT2D eigenvalue weighted by Gasteiger charge is -2.37. The third-order valence-corrected chi connectivity index (χ3v) is 8.33. The highest BCUT2D eigenvalue weighted by Gasteiger charge is 2.37. The fraction of sp³-hybridized carbons (Fsp3) is 0.500. The van der Waals surface area contributed by atoms with Crippen LogP contribution in [-0.2, 0) is 27.3 Å². The zero-order chi connectivity index (χ0) is 26.7. The minimum absolute atomic E-state index is 0.0294. The number of thiazole rings is 1. The van der Waals surface area contributed by atoms with Gasteiger partial charge < -0.3 is 25.8 Å². The summed E-state index contributed by atoms with van der Waals surface area (Å²) in [6.45, 7) is 1.80. The van der Waals surface area contributed by atoms with Crippen LogP contribution in [0.4, 0.5) is 5.82 Å². The molecule has 3 atom stereocenters. The molecule has 13 heteroatoms. The Morgan fingerprint density at radius 2 is 1.95 bits per heavy atom. The van der Waals surface area contributed by atoms with Crippen LogP contribution < -0.4 is 16.0 Å². The average molecular weight is 564 g/mol. The van der Waals surface area contributed by atoms with Gasteiger partial charge in [-0.3, -0.25) is 14.4 Å². The summed E-state index contributed by atoms with van der Waals surface area (Å²) in [5, 5.41) is 9.80. The molecule has 0 bridgehead atoms. The van der Waals surface area contributed by atoms with Gasteiger partial charge in [0.1, 0.15) is 10.8 Å². The van der Waals surface area contributed by atoms with E-state index in [9.17, 15) is 14.4 Å². The molecule has 0 unspecified atom stereocenters. The van der Waals surface area contributed by atoms with Gasteiger partial charge in [-0.2, -0.15) is 0 Å². The molecule has 2 aromatic rings. The smallest absolute Gasteiger partial charge is 0.314 e. The van der Waals surface area contributed by atoms with Crippen LogP contribution in [0, 0.1) is 5.92 Å². The van der Waals surface area contributed by atoms with Crippen LogP contribution in [0.1, 0.15) is 34.8 Å². The third kappa shape index (κ3) is 6.81. The number of nitrogens with one attached hydrogen (secondary N) is 3. The van der Waals surface area contributed by atoms with E-state index in [0.29, 0.717) is 29.3 Å². The number of fused-ring (bicyclic) bond motifs is 1. The van der Waals surface area contributed by atoms with E-state index in [1.165, 1.54) is 17.1 Å². The van der Waals surface area contributed by atoms with Crippen molar-refractivity contribution in [3.63, 3.8) is 0 Å². The number of thiocarbonyl (C=S) groups is 1. The highest BCUT2D eigenvalue weighted by atomic mass is 35.5. The van der Waals surface area contributed by atoms with Crippen molar-refractivity contribution < 1.29 is 14.4 Å². The van der Waals surface area contributed by atoms with E-state index in [2.05, 4.69) is 32.9 Å². The first kappa shape index (κ1) is 27.4. The molecule has 1 aliphatic heterocycles. The van der Waals surface area contributed by atoms with Crippen molar-refractivity contribution in [3.05, 3.63) is 38.9 Å². The van der Waals surface area contributed by atoms with Crippen LogP contribution in [0.15, 0.2) is 18.3 Å². The summed E-state index contributed by atoms with van der Waals surface area (Å²) in [5.41, 5.74) is 1.07. The number of likely N-dealkylation sites (N-methyl/N-ethyl adjacent to an activating group) is 1. The maximum Gasteiger partial charge on any atom is 0.314 e. The number of carbonyl (C=O) groups is 3. The molecule has 2 aromatic heterocycles. The summed E-state index contributed by atoms with van der Waals surface area (Å²) >= 11 is 13.1. The van der Waals surface area contributed by atoms with Crippen LogP contribution in [0.25, 0.3) is 0 Å². The molecule has 3 amide bonds. The monoisotopic (exact) mass is 563 g/mol. The van der Waals surface area contributed by atoms with E-state index in [1.54, 1.807) is 36.4 Å². The van der Waals surface area contributed by atoms with Gasteiger partial charge in [0, 0.05) is 62.7 Å². The van der Waals surface area contributed by atoms with Crippen LogP contribution in [-0.4, -0.2) is 82.2 Å². The molecule has 1 saturated carbocycles. The summed E-state index contributed by atoms with van der Waals surface area (Å²) in [6.07, 6.45) is 3.83. The first-order chi connectivity index (χ1) is 17.6. The first-order valence-corrected chi connectivity index (χ1v) is 13.6. The number of hydrogen-bond donors (Lipinski definition) is 3. The lowest BCUT2D eigenvalue weighted by atomic mass is 9.81. The fourth-order valence-corrected chi connectivity index (χ4v) is 6.12. The maximum absolute atomic E-state index is 12.7. The number of hydrogen-bond acceptors (Lipinski definition) is 8. The number of halogens is 1. The Balaban J connectivity index is 1.45. The number of anilines is 1. The topological polar surface area (TPSA) is 120 Å². The van der Waals surface area contributed by atoms with Crippen molar-refractivity contribution in [3.8, 4) is 0 Å². The van der Waals surface area contributed by atoms with E-state index in [-0.39, 0.29) is 23.7 Å². The maximum atomic E-state index is 12.7. The largest absolute Gasteiger partial charge is 0.369 e. The van der Waals surface area contributed by atoms with Gasteiger partial charge in [-0.25, -0.2) is 9.97 Å². The highest BCUT2D eigenvalue weighted by molar-refractivity contribution is 7.81. The zero-order valence-electron chi connectivity index (χ0n) is 20.9. The molecule has 37 heavy (non-hydrogen) atoms. The van der Waals surface area contributed by atoms with Crippen molar-refractivity contribution in [2.45, 2.75) is 44.3 Å². The standard InChI is InChI=1S/C24H30ClN7O3S2/c1-31(2)24(35)13-4-6-15(27-20(33)21(34)30-19-7-5-14(25)11-26-19)17(10-13)28-22(36)23-29-16-8-9-32(3)12-18(16)37-23/h5,7,11,13,15,17H,4,6,8-10,12H2,1-3H3,(H,27,33)(H,28,36)(H,26,30,34)/t13-,15-,17+/m0/s1. The average Bonchev–Trinajstić information content (AvgIpc) is 3.29. The van der Waals surface area contributed by atoms with E-state index in [0.717, 1.165) is 30.2 Å². The van der Waals surface area contributed by atoms with Crippen LogP contribution in [0.2, 0.25) is 5.02 Å². The first-order valence-electron chi connectivity index (χ1n) is 12.0. The Labute approximate surface area is 230 Å². The predicted molar refractivity (Wildman–Crippen MR) is 147 cm³/mol. The van der Waals surface area contributed by atoms with Crippen LogP contribution in [0.5, 0.6) is 0 Å². The van der Waals surface area contributed by atoms with Gasteiger partial charge in [0.15, 0.2) is 5.01 Å². The molecular weight excluding hydrogens is 534 g/mol. The molecule has 0 spiro atoms. The van der Waals surface area contributed by atoms with E-state index >= 15 is 0 Å². The summed E-state index contributed by atoms with van der Waals surface area (Å²) in [4.78, 5) is 52.2. The summed E-state index contributed by atoms with van der Waals surface area (Å²) < 4.78 is 0. The molecule has 198 valence electrons. The zero-order valence-corrected chi connectivity index (χ0v) is 23.3. The molecule has 0 aromatic carbocycles. The van der Waals surface area contributed by atoms with Gasteiger partial charge >= 0.3 is 11.8 Å². The van der Waals surface area contributed by atoms with Gasteiger partial charge in [0.2, 0.25) is 5.91 Å². The second-order valence-corrected chi connectivity index (χ2v) is 11.5. The van der Waals surface area contributed by atoms with Crippen molar-refractivity contribution in [2.75, 3.05) is 33.0 Å². The predicted octanol–water partition coefficient (Wildman–Crippen LogP) is 1.82. The SMILES string of the molecule is CN1CCc2nc(C(=S)N[C@@H]3C[C@@H](C(=O)N(C)C)CC[C@@H]3NC(=O)C(=O)Nc3ccc(Cl)cn3)sc2C1. The molecule has 3 N–H and O–H groups in total. The molecule has 1 fully saturated rings. The fourth-order valence-electron chi connectivity index (χ4n) is 4.60. The van der Waals surface area contributed by atoms with E-state index in [4.69, 9.17) is 28.8 Å². The number of pyridine rings is 1. The Morgan fingerprint density at radius 3 is 2.65 bits per heavy atom. The summed E-state index contributed by atoms with van der Waals surface area (Å²) in [5.74, 6) is -1.58. The van der Waals surface area contributed by atoms with Crippen molar-refractivity contribution in [1.82, 2.24) is 30.4 Å². The van der Waals surface area contributed by atoms with E-state index in [1.807, 2.05) is 0 Å². The molecule has 0 saturated heterocycles. The number of nitrogens with zero attached hydrogens (tertiary/aromatic N) is 4. The van der Waals surface area contributed by atoms with Crippen molar-refractivity contribution in [2.24, 2.45) is 5.92 Å². The van der Waals surface area contributed by atoms with Crippen LogP contribution in [0.3, 0.4) is 0 Å². The molecule has 4 rings (SSSR count). The Bertz CT molecular complexity index is 1190. The second kappa shape index (κ2) is 11.8. The Morgan fingerprint density at radius 1 is 1.16 bits per heavy atom. The van der Waals surface area contributed by atoms with Gasteiger partial charge in [0.25, 0.3) is 0 Å². The second-order valence-electron chi connectivity index (χ2n) is 9.60. The van der Waals surface area contributed by atoms with Gasteiger partial charge in [-0.1, -0.05) is 23.8 Å². The van der Waals surface area contributed by atoms with Gasteiger partial charge in [-0.05, 0) is 38.4 Å². The molecule has 3 heterocycles. The Kier molecular flexibility index (Phi) is 8.73. The van der Waals surface area contributed by atoms with Gasteiger partial charge in [-0.15, -0.1) is 11.3 Å². The molecule has 0 radical (unpaired) electrons. The summed E-state index contributed by atoms with van der Waals surface area (Å²) in [6, 6.07) is 2.34.